The third-order valence-electron chi connectivity index (χ3n) is 1.67. The maximum atomic E-state index is 5.48. The van der Waals surface area contributed by atoms with Gasteiger partial charge in [0, 0.05) is 6.04 Å². The minimum atomic E-state index is -0.000836. The van der Waals surface area contributed by atoms with E-state index in [1.807, 2.05) is 13.8 Å². The van der Waals surface area contributed by atoms with Crippen molar-refractivity contribution < 1.29 is 4.52 Å². The number of hydrogen-bond donors (Lipinski definition) is 0. The van der Waals surface area contributed by atoms with Crippen LogP contribution in [-0.4, -0.2) is 25.1 Å². The van der Waals surface area contributed by atoms with E-state index in [2.05, 4.69) is 25.0 Å². The van der Waals surface area contributed by atoms with Gasteiger partial charge < -0.3 is 4.52 Å². The average molecular weight is 214 g/mol. The minimum absolute atomic E-state index is 0.000836. The molecule has 0 aliphatic carbocycles. The van der Waals surface area contributed by atoms with E-state index >= 15 is 0 Å². The molecule has 0 amide bonds. The van der Waals surface area contributed by atoms with Crippen LogP contribution in [0.25, 0.3) is 11.5 Å². The van der Waals surface area contributed by atoms with Gasteiger partial charge in [0.25, 0.3) is 0 Å². The molecule has 0 saturated heterocycles. The van der Waals surface area contributed by atoms with Crippen molar-refractivity contribution in [2.45, 2.75) is 19.9 Å². The lowest BCUT2D eigenvalue weighted by Gasteiger charge is -2.00. The van der Waals surface area contributed by atoms with Crippen LogP contribution in [-0.2, 0) is 0 Å². The van der Waals surface area contributed by atoms with Crippen molar-refractivity contribution in [1.29, 1.82) is 0 Å². The lowest BCUT2D eigenvalue weighted by atomic mass is 10.4. The highest BCUT2D eigenvalue weighted by Gasteiger charge is 2.11. The van der Waals surface area contributed by atoms with E-state index in [-0.39, 0.29) is 11.4 Å². The zero-order chi connectivity index (χ0) is 10.1. The van der Waals surface area contributed by atoms with Crippen molar-refractivity contribution in [2.24, 2.45) is 0 Å². The van der Waals surface area contributed by atoms with E-state index in [4.69, 9.17) is 11.6 Å². The van der Waals surface area contributed by atoms with Crippen LogP contribution in [0, 0.1) is 0 Å². The second kappa shape index (κ2) is 3.38. The lowest BCUT2D eigenvalue weighted by Crippen LogP contribution is -2.00. The number of hydrogen-bond acceptors (Lipinski definition) is 5. The Balaban J connectivity index is 2.33. The van der Waals surface area contributed by atoms with Gasteiger partial charge in [0.05, 0.1) is 6.20 Å². The van der Waals surface area contributed by atoms with Gasteiger partial charge in [0.1, 0.15) is 0 Å². The quantitative estimate of drug-likeness (QED) is 0.757. The van der Waals surface area contributed by atoms with E-state index in [1.165, 1.54) is 0 Å². The Kier molecular flexibility index (Phi) is 2.20. The molecule has 74 valence electrons. The van der Waals surface area contributed by atoms with Crippen LogP contribution in [0.5, 0.6) is 0 Å². The first kappa shape index (κ1) is 9.14. The van der Waals surface area contributed by atoms with Crippen molar-refractivity contribution >= 4 is 11.6 Å². The van der Waals surface area contributed by atoms with Crippen LogP contribution in [0.1, 0.15) is 19.9 Å². The summed E-state index contributed by atoms with van der Waals surface area (Å²) in [6.45, 7) is 4.00. The molecular weight excluding hydrogens is 206 g/mol. The van der Waals surface area contributed by atoms with Gasteiger partial charge in [-0.1, -0.05) is 10.4 Å². The Bertz CT molecular complexity index is 435. The highest BCUT2D eigenvalue weighted by Crippen LogP contribution is 2.15. The molecule has 0 N–H and O–H groups in total. The van der Waals surface area contributed by atoms with Crippen LogP contribution in [0.2, 0.25) is 5.35 Å². The molecule has 0 unspecified atom stereocenters. The normalized spacial score (nSPS) is 11.1. The summed E-state index contributed by atoms with van der Waals surface area (Å²) in [5, 5.41) is 11.4. The minimum Gasteiger partial charge on any atom is -0.321 e. The Morgan fingerprint density at radius 1 is 1.50 bits per heavy atom. The molecule has 14 heavy (non-hydrogen) atoms. The molecule has 0 bridgehead atoms. The zero-order valence-corrected chi connectivity index (χ0v) is 8.43. The molecule has 0 aromatic carbocycles. The van der Waals surface area contributed by atoms with Crippen LogP contribution >= 0.6 is 11.6 Å². The van der Waals surface area contributed by atoms with Gasteiger partial charge in [-0.15, -0.1) is 5.10 Å². The summed E-state index contributed by atoms with van der Waals surface area (Å²) in [5.74, 6) is 0.349. The van der Waals surface area contributed by atoms with Crippen molar-refractivity contribution in [3.63, 3.8) is 0 Å². The molecule has 6 nitrogen and oxygen atoms in total. The maximum absolute atomic E-state index is 5.48. The number of nitrogens with zero attached hydrogens (tertiary/aromatic N) is 5. The molecule has 0 spiro atoms. The highest BCUT2D eigenvalue weighted by molar-refractivity contribution is 6.27. The van der Waals surface area contributed by atoms with Gasteiger partial charge in [-0.2, -0.15) is 4.98 Å². The van der Waals surface area contributed by atoms with E-state index in [1.54, 1.807) is 10.9 Å². The van der Waals surface area contributed by atoms with E-state index < -0.39 is 0 Å². The summed E-state index contributed by atoms with van der Waals surface area (Å²) in [6, 6.07) is 0.249. The van der Waals surface area contributed by atoms with E-state index in [9.17, 15) is 0 Å². The Morgan fingerprint density at radius 2 is 2.29 bits per heavy atom. The largest absolute Gasteiger partial charge is 0.321 e. The number of rotatable bonds is 2. The van der Waals surface area contributed by atoms with Gasteiger partial charge in [0.15, 0.2) is 5.69 Å². The van der Waals surface area contributed by atoms with Crippen LogP contribution in [0.4, 0.5) is 0 Å². The Labute approximate surface area is 84.9 Å². The third kappa shape index (κ3) is 1.60. The number of halogens is 1. The molecule has 0 atom stereocenters. The molecule has 0 aliphatic heterocycles. The van der Waals surface area contributed by atoms with Crippen LogP contribution in [0.3, 0.4) is 0 Å². The van der Waals surface area contributed by atoms with Gasteiger partial charge in [-0.05, 0) is 25.4 Å². The molecule has 0 saturated carbocycles. The predicted octanol–water partition coefficient (Wildman–Crippen LogP) is 1.56. The molecule has 0 aliphatic rings. The first-order chi connectivity index (χ1) is 6.66. The summed E-state index contributed by atoms with van der Waals surface area (Å²) in [4.78, 5) is 3.83. The molecule has 2 aromatic heterocycles. The van der Waals surface area contributed by atoms with Crippen LogP contribution < -0.4 is 0 Å². The molecule has 2 aromatic rings. The molecule has 7 heteroatoms. The molecule has 2 rings (SSSR count). The van der Waals surface area contributed by atoms with Gasteiger partial charge >= 0.3 is 5.35 Å². The van der Waals surface area contributed by atoms with Crippen molar-refractivity contribution in [2.75, 3.05) is 0 Å². The average Bonchev–Trinajstić information content (AvgIpc) is 2.70. The number of aromatic nitrogens is 5. The van der Waals surface area contributed by atoms with Crippen LogP contribution in [0.15, 0.2) is 10.7 Å². The van der Waals surface area contributed by atoms with Gasteiger partial charge in [0.2, 0.25) is 5.82 Å². The summed E-state index contributed by atoms with van der Waals surface area (Å²) in [6.07, 6.45) is 1.74. The summed E-state index contributed by atoms with van der Waals surface area (Å²) < 4.78 is 6.32. The summed E-state index contributed by atoms with van der Waals surface area (Å²) in [7, 11) is 0. The predicted molar refractivity (Wildman–Crippen MR) is 48.7 cm³/mol. The van der Waals surface area contributed by atoms with Gasteiger partial charge in [-0.3, -0.25) is 0 Å². The fraction of sp³-hybridized carbons (Fsp3) is 0.429. The molecule has 2 heterocycles. The van der Waals surface area contributed by atoms with Crippen molar-refractivity contribution in [1.82, 2.24) is 25.1 Å². The first-order valence-electron chi connectivity index (χ1n) is 4.08. The highest BCUT2D eigenvalue weighted by atomic mass is 35.5. The van der Waals surface area contributed by atoms with E-state index in [0.29, 0.717) is 11.5 Å². The molecular formula is C7H8ClN5O. The topological polar surface area (TPSA) is 69.6 Å². The van der Waals surface area contributed by atoms with E-state index in [0.717, 1.165) is 0 Å². The Morgan fingerprint density at radius 3 is 2.79 bits per heavy atom. The Hall–Kier alpha value is -1.43. The zero-order valence-electron chi connectivity index (χ0n) is 7.68. The fourth-order valence-electron chi connectivity index (χ4n) is 0.941. The molecule has 0 fully saturated rings. The van der Waals surface area contributed by atoms with Crippen molar-refractivity contribution in [3.8, 4) is 11.5 Å². The molecule has 0 radical (unpaired) electrons. The maximum Gasteiger partial charge on any atom is 0.320 e. The fourth-order valence-corrected chi connectivity index (χ4v) is 1.06. The van der Waals surface area contributed by atoms with Gasteiger partial charge in [-0.25, -0.2) is 4.68 Å². The second-order valence-corrected chi connectivity index (χ2v) is 3.37. The standard InChI is InChI=1S/C7H8ClN5O/c1-4(2)13-3-5(10-12-13)6-9-7(8)14-11-6/h3-4H,1-2H3. The first-order valence-corrected chi connectivity index (χ1v) is 4.46. The third-order valence-corrected chi connectivity index (χ3v) is 1.82. The smallest absolute Gasteiger partial charge is 0.320 e. The van der Waals surface area contributed by atoms with Crippen molar-refractivity contribution in [3.05, 3.63) is 11.5 Å². The summed E-state index contributed by atoms with van der Waals surface area (Å²) in [5.41, 5.74) is 0.550. The monoisotopic (exact) mass is 213 g/mol. The SMILES string of the molecule is CC(C)n1cc(-c2noc(Cl)n2)nn1. The lowest BCUT2D eigenvalue weighted by molar-refractivity contribution is 0.420. The summed E-state index contributed by atoms with van der Waals surface area (Å²) >= 11 is 5.48. The second-order valence-electron chi connectivity index (χ2n) is 3.05.